The van der Waals surface area contributed by atoms with Crippen LogP contribution in [0.5, 0.6) is 11.5 Å². The summed E-state index contributed by atoms with van der Waals surface area (Å²) >= 11 is 7.86. The number of halogens is 2. The van der Waals surface area contributed by atoms with Gasteiger partial charge in [-0.15, -0.1) is 11.3 Å². The van der Waals surface area contributed by atoms with Crippen LogP contribution < -0.4 is 18.7 Å². The third kappa shape index (κ3) is 5.05. The Hall–Kier alpha value is -2.60. The van der Waals surface area contributed by atoms with Crippen molar-refractivity contribution in [1.82, 2.24) is 9.88 Å². The molecule has 39 heavy (non-hydrogen) atoms. The molecule has 0 spiro atoms. The molecule has 0 saturated carbocycles. The highest BCUT2D eigenvalue weighted by molar-refractivity contribution is 7.93. The molecule has 0 unspecified atom stereocenters. The number of hydrogen-bond donors (Lipinski definition) is 0. The molecular formula is C27H32ClFN4O4S2. The van der Waals surface area contributed by atoms with Crippen molar-refractivity contribution in [2.75, 3.05) is 43.6 Å². The number of aromatic nitrogens is 1. The Kier molecular flexibility index (Phi) is 7.96. The molecule has 3 aromatic rings. The molecule has 2 aliphatic heterocycles. The van der Waals surface area contributed by atoms with Gasteiger partial charge in [0.2, 0.25) is 0 Å². The zero-order chi connectivity index (χ0) is 27.8. The summed E-state index contributed by atoms with van der Waals surface area (Å²) in [6.07, 6.45) is 6.72. The predicted molar refractivity (Wildman–Crippen MR) is 152 cm³/mol. The first-order valence-corrected chi connectivity index (χ1v) is 15.5. The van der Waals surface area contributed by atoms with Gasteiger partial charge in [0.25, 0.3) is 10.0 Å². The van der Waals surface area contributed by atoms with Gasteiger partial charge in [0.05, 0.1) is 37.1 Å². The monoisotopic (exact) mass is 594 g/mol. The first-order chi connectivity index (χ1) is 18.7. The van der Waals surface area contributed by atoms with E-state index in [0.717, 1.165) is 60.8 Å². The first kappa shape index (κ1) is 27.9. The van der Waals surface area contributed by atoms with Gasteiger partial charge in [0.15, 0.2) is 5.13 Å². The number of benzene rings is 2. The zero-order valence-electron chi connectivity index (χ0n) is 22.2. The number of piperidine rings is 1. The number of anilines is 2. The summed E-state index contributed by atoms with van der Waals surface area (Å²) in [5.41, 5.74) is 0.823. The molecular weight excluding hydrogens is 563 g/mol. The van der Waals surface area contributed by atoms with Crippen molar-refractivity contribution in [2.24, 2.45) is 0 Å². The molecule has 8 nitrogen and oxygen atoms in total. The summed E-state index contributed by atoms with van der Waals surface area (Å²) in [4.78, 5) is 8.21. The van der Waals surface area contributed by atoms with E-state index in [2.05, 4.69) is 9.88 Å². The Morgan fingerprint density at radius 1 is 1.13 bits per heavy atom. The summed E-state index contributed by atoms with van der Waals surface area (Å²) in [5.74, 6) is 0.144. The van der Waals surface area contributed by atoms with Gasteiger partial charge in [0.1, 0.15) is 22.2 Å². The lowest BCUT2D eigenvalue weighted by molar-refractivity contribution is 0.0905. The van der Waals surface area contributed by atoms with Crippen LogP contribution in [0.4, 0.5) is 15.2 Å². The van der Waals surface area contributed by atoms with Crippen molar-refractivity contribution in [3.05, 3.63) is 58.3 Å². The molecule has 1 atom stereocenters. The molecule has 2 fully saturated rings. The Balaban J connectivity index is 1.53. The van der Waals surface area contributed by atoms with Crippen LogP contribution in [0.2, 0.25) is 5.02 Å². The van der Waals surface area contributed by atoms with Gasteiger partial charge in [-0.2, -0.15) is 0 Å². The normalized spacial score (nSPS) is 19.5. The van der Waals surface area contributed by atoms with Crippen LogP contribution >= 0.6 is 22.9 Å². The van der Waals surface area contributed by atoms with E-state index in [1.807, 2.05) is 11.9 Å². The fourth-order valence-corrected chi connectivity index (χ4v) is 8.53. The first-order valence-electron chi connectivity index (χ1n) is 12.8. The van der Waals surface area contributed by atoms with Crippen molar-refractivity contribution in [1.29, 1.82) is 0 Å². The van der Waals surface area contributed by atoms with Gasteiger partial charge in [-0.05, 0) is 50.3 Å². The number of ether oxygens (including phenoxy) is 2. The van der Waals surface area contributed by atoms with Gasteiger partial charge in [-0.3, -0.25) is 4.90 Å². The number of fused-ring (bicyclic) bond motifs is 1. The van der Waals surface area contributed by atoms with Crippen LogP contribution in [0, 0.1) is 5.82 Å². The average molecular weight is 595 g/mol. The van der Waals surface area contributed by atoms with Crippen molar-refractivity contribution >= 4 is 43.8 Å². The largest absolute Gasteiger partial charge is 0.497 e. The minimum Gasteiger partial charge on any atom is -0.497 e. The SMILES string of the molecule is COc1ccc(CN(c2nccs2)S(=O)(=O)c2cc(Cl)c(N(C)[C@@]34CCCCN3CCC4)cc2F)c(OC)c1. The fourth-order valence-electron chi connectivity index (χ4n) is 5.83. The smallest absolute Gasteiger partial charge is 0.269 e. The minimum atomic E-state index is -4.40. The van der Waals surface area contributed by atoms with E-state index >= 15 is 4.39 Å². The molecule has 210 valence electrons. The van der Waals surface area contributed by atoms with E-state index in [-0.39, 0.29) is 22.4 Å². The maximum Gasteiger partial charge on any atom is 0.269 e. The van der Waals surface area contributed by atoms with E-state index in [9.17, 15) is 8.42 Å². The average Bonchev–Trinajstić information content (AvgIpc) is 3.63. The third-order valence-corrected chi connectivity index (χ3v) is 10.8. The number of rotatable bonds is 9. The predicted octanol–water partition coefficient (Wildman–Crippen LogP) is 5.76. The lowest BCUT2D eigenvalue weighted by atomic mass is 9.93. The minimum absolute atomic E-state index is 0.125. The fraction of sp³-hybridized carbons (Fsp3) is 0.444. The number of hydrogen-bond acceptors (Lipinski definition) is 8. The molecule has 2 saturated heterocycles. The molecule has 0 amide bonds. The molecule has 0 N–H and O–H groups in total. The number of sulfonamides is 1. The van der Waals surface area contributed by atoms with Crippen molar-refractivity contribution < 1.29 is 22.3 Å². The van der Waals surface area contributed by atoms with Crippen LogP contribution in [0.1, 0.15) is 37.7 Å². The zero-order valence-corrected chi connectivity index (χ0v) is 24.6. The molecule has 0 radical (unpaired) electrons. The maximum absolute atomic E-state index is 15.8. The summed E-state index contributed by atoms with van der Waals surface area (Å²) in [5, 5.41) is 2.05. The molecule has 2 aromatic carbocycles. The van der Waals surface area contributed by atoms with Crippen LogP contribution in [0.25, 0.3) is 0 Å². The lowest BCUT2D eigenvalue weighted by Crippen LogP contribution is -2.58. The Morgan fingerprint density at radius 2 is 1.90 bits per heavy atom. The van der Waals surface area contributed by atoms with E-state index in [1.54, 1.807) is 23.6 Å². The third-order valence-electron chi connectivity index (χ3n) is 7.84. The van der Waals surface area contributed by atoms with Gasteiger partial charge in [0, 0.05) is 49.4 Å². The summed E-state index contributed by atoms with van der Waals surface area (Å²) in [7, 11) is 0.557. The molecule has 0 aliphatic carbocycles. The van der Waals surface area contributed by atoms with Gasteiger partial charge in [-0.1, -0.05) is 11.6 Å². The molecule has 12 heteroatoms. The lowest BCUT2D eigenvalue weighted by Gasteiger charge is -2.49. The van der Waals surface area contributed by atoms with Crippen LogP contribution in [0.15, 0.2) is 46.8 Å². The van der Waals surface area contributed by atoms with Crippen molar-refractivity contribution in [3.8, 4) is 11.5 Å². The second-order valence-corrected chi connectivity index (χ2v) is 12.9. The Bertz CT molecular complexity index is 1440. The summed E-state index contributed by atoms with van der Waals surface area (Å²) in [6, 6.07) is 7.57. The molecule has 5 rings (SSSR count). The molecule has 0 bridgehead atoms. The topological polar surface area (TPSA) is 75.2 Å². The van der Waals surface area contributed by atoms with Gasteiger partial charge < -0.3 is 14.4 Å². The van der Waals surface area contributed by atoms with E-state index in [1.165, 1.54) is 32.5 Å². The summed E-state index contributed by atoms with van der Waals surface area (Å²) < 4.78 is 55.6. The highest BCUT2D eigenvalue weighted by Gasteiger charge is 2.46. The van der Waals surface area contributed by atoms with Crippen LogP contribution in [0.3, 0.4) is 0 Å². The van der Waals surface area contributed by atoms with Crippen molar-refractivity contribution in [3.63, 3.8) is 0 Å². The van der Waals surface area contributed by atoms with E-state index in [0.29, 0.717) is 22.7 Å². The summed E-state index contributed by atoms with van der Waals surface area (Å²) in [6.45, 7) is 1.86. The molecule has 1 aromatic heterocycles. The van der Waals surface area contributed by atoms with Crippen LogP contribution in [-0.4, -0.2) is 58.3 Å². The second-order valence-electron chi connectivity index (χ2n) is 9.83. The van der Waals surface area contributed by atoms with Crippen molar-refractivity contribution in [2.45, 2.75) is 49.2 Å². The Morgan fingerprint density at radius 3 is 2.62 bits per heavy atom. The molecule has 3 heterocycles. The number of methoxy groups -OCH3 is 2. The van der Waals surface area contributed by atoms with E-state index in [4.69, 9.17) is 21.1 Å². The van der Waals surface area contributed by atoms with E-state index < -0.39 is 20.7 Å². The second kappa shape index (κ2) is 11.1. The quantitative estimate of drug-likeness (QED) is 0.312. The highest BCUT2D eigenvalue weighted by Crippen LogP contribution is 2.44. The standard InChI is InChI=1S/C27H32ClFN4O4S2/c1-31(27-9-4-5-12-32(27)13-6-10-27)23-17-22(29)25(16-21(23)28)39(34,35)33(26-30-11-14-38-26)18-19-7-8-20(36-2)15-24(19)37-3/h7-8,11,14-17H,4-6,9-10,12-13,18H2,1-3H3/t27-/m0/s1. The maximum atomic E-state index is 15.8. The van der Waals surface area contributed by atoms with Gasteiger partial charge in [-0.25, -0.2) is 22.1 Å². The number of nitrogens with zero attached hydrogens (tertiary/aromatic N) is 4. The van der Waals surface area contributed by atoms with Gasteiger partial charge >= 0.3 is 0 Å². The highest BCUT2D eigenvalue weighted by atomic mass is 35.5. The van der Waals surface area contributed by atoms with Crippen LogP contribution in [-0.2, 0) is 16.6 Å². The number of thiazole rings is 1. The Labute approximate surface area is 238 Å². The molecule has 2 aliphatic rings.